The zero-order chi connectivity index (χ0) is 14.9. The Morgan fingerprint density at radius 2 is 2.05 bits per heavy atom. The lowest BCUT2D eigenvalue weighted by Gasteiger charge is -2.25. The van der Waals surface area contributed by atoms with Crippen molar-refractivity contribution in [2.75, 3.05) is 13.2 Å². The van der Waals surface area contributed by atoms with E-state index in [0.29, 0.717) is 16.5 Å². The molecule has 0 bridgehead atoms. The summed E-state index contributed by atoms with van der Waals surface area (Å²) in [6, 6.07) is 3.99. The zero-order valence-electron chi connectivity index (χ0n) is 11.2. The minimum Gasteiger partial charge on any atom is -0.451 e. The number of benzene rings is 1. The van der Waals surface area contributed by atoms with E-state index < -0.39 is 30.5 Å². The van der Waals surface area contributed by atoms with Crippen molar-refractivity contribution in [3.8, 4) is 0 Å². The van der Waals surface area contributed by atoms with E-state index in [9.17, 15) is 19.4 Å². The number of hydrogen-bond acceptors (Lipinski definition) is 4. The van der Waals surface area contributed by atoms with Crippen molar-refractivity contribution in [2.45, 2.75) is 19.4 Å². The van der Waals surface area contributed by atoms with Crippen LogP contribution in [0.3, 0.4) is 0 Å². The lowest BCUT2D eigenvalue weighted by Crippen LogP contribution is -2.51. The quantitative estimate of drug-likeness (QED) is 0.790. The van der Waals surface area contributed by atoms with Crippen LogP contribution in [-0.2, 0) is 0 Å². The van der Waals surface area contributed by atoms with Gasteiger partial charge in [0, 0.05) is 10.9 Å². The Morgan fingerprint density at radius 1 is 1.40 bits per heavy atom. The van der Waals surface area contributed by atoms with Crippen molar-refractivity contribution in [2.24, 2.45) is 0 Å². The lowest BCUT2D eigenvalue weighted by molar-refractivity contribution is 0.0701. The summed E-state index contributed by atoms with van der Waals surface area (Å²) in [5.74, 6) is -0.938. The summed E-state index contributed by atoms with van der Waals surface area (Å²) in [4.78, 5) is 12.1. The van der Waals surface area contributed by atoms with Crippen LogP contribution in [0.1, 0.15) is 23.0 Å². The molecule has 0 saturated heterocycles. The van der Waals surface area contributed by atoms with Gasteiger partial charge in [0.2, 0.25) is 0 Å². The number of aliphatic hydroxyl groups is 2. The third-order valence-corrected chi connectivity index (χ3v) is 3.22. The van der Waals surface area contributed by atoms with Crippen molar-refractivity contribution in [3.05, 3.63) is 35.3 Å². The molecule has 1 aromatic heterocycles. The fraction of sp³-hybridized carbons (Fsp3) is 0.357. The van der Waals surface area contributed by atoms with E-state index in [0.717, 1.165) is 0 Å². The maximum absolute atomic E-state index is 13.2. The molecule has 0 atom stereocenters. The smallest absolute Gasteiger partial charge is 0.287 e. The monoisotopic (exact) mass is 281 g/mol. The van der Waals surface area contributed by atoms with Gasteiger partial charge in [0.1, 0.15) is 11.4 Å². The molecule has 1 amide bonds. The number of nitrogens with one attached hydrogen (secondary N) is 1. The fourth-order valence-electron chi connectivity index (χ4n) is 1.87. The van der Waals surface area contributed by atoms with Crippen LogP contribution in [-0.4, -0.2) is 34.9 Å². The first-order valence-corrected chi connectivity index (χ1v) is 6.13. The Balaban J connectivity index is 2.38. The number of hydrogen-bond donors (Lipinski definition) is 3. The topological polar surface area (TPSA) is 82.7 Å². The van der Waals surface area contributed by atoms with E-state index in [2.05, 4.69) is 5.32 Å². The molecule has 0 aliphatic rings. The van der Waals surface area contributed by atoms with Crippen LogP contribution in [0.5, 0.6) is 0 Å². The van der Waals surface area contributed by atoms with Gasteiger partial charge in [0.15, 0.2) is 5.76 Å². The Kier molecular flexibility index (Phi) is 3.78. The first kappa shape index (κ1) is 14.5. The summed E-state index contributed by atoms with van der Waals surface area (Å²) in [6.45, 7) is 2.32. The van der Waals surface area contributed by atoms with Crippen LogP contribution in [0.4, 0.5) is 4.39 Å². The summed E-state index contributed by atoms with van der Waals surface area (Å²) in [5.41, 5.74) is -0.229. The average Bonchev–Trinajstić information content (AvgIpc) is 2.76. The number of carbonyl (C=O) groups excluding carboxylic acids is 1. The van der Waals surface area contributed by atoms with Crippen LogP contribution in [0.2, 0.25) is 0 Å². The maximum Gasteiger partial charge on any atom is 0.287 e. The molecule has 0 fully saturated rings. The molecular weight excluding hydrogens is 265 g/mol. The fourth-order valence-corrected chi connectivity index (χ4v) is 1.87. The van der Waals surface area contributed by atoms with Crippen LogP contribution >= 0.6 is 0 Å². The third kappa shape index (κ3) is 2.52. The second kappa shape index (κ2) is 5.22. The summed E-state index contributed by atoms with van der Waals surface area (Å²) >= 11 is 0. The van der Waals surface area contributed by atoms with Gasteiger partial charge in [0.05, 0.1) is 18.8 Å². The molecule has 1 heterocycles. The van der Waals surface area contributed by atoms with Gasteiger partial charge < -0.3 is 19.9 Å². The highest BCUT2D eigenvalue weighted by molar-refractivity contribution is 5.99. The second-order valence-electron chi connectivity index (χ2n) is 5.03. The van der Waals surface area contributed by atoms with E-state index in [1.54, 1.807) is 6.92 Å². The molecule has 3 N–H and O–H groups in total. The molecule has 0 radical (unpaired) electrons. The molecule has 0 saturated carbocycles. The van der Waals surface area contributed by atoms with E-state index in [1.165, 1.54) is 25.1 Å². The maximum atomic E-state index is 13.2. The van der Waals surface area contributed by atoms with Crippen molar-refractivity contribution in [1.29, 1.82) is 0 Å². The Bertz CT molecular complexity index is 646. The molecular formula is C14H16FNO4. The van der Waals surface area contributed by atoms with Crippen molar-refractivity contribution < 1.29 is 23.8 Å². The summed E-state index contributed by atoms with van der Waals surface area (Å²) < 4.78 is 18.6. The first-order chi connectivity index (χ1) is 9.40. The largest absolute Gasteiger partial charge is 0.451 e. The third-order valence-electron chi connectivity index (χ3n) is 3.22. The molecule has 108 valence electrons. The summed E-state index contributed by atoms with van der Waals surface area (Å²) in [6.07, 6.45) is 0. The minimum atomic E-state index is -1.15. The van der Waals surface area contributed by atoms with Gasteiger partial charge in [-0.3, -0.25) is 4.79 Å². The van der Waals surface area contributed by atoms with E-state index in [1.807, 2.05) is 0 Å². The number of carbonyl (C=O) groups is 1. The number of rotatable bonds is 4. The molecule has 0 aliphatic carbocycles. The van der Waals surface area contributed by atoms with Crippen LogP contribution in [0, 0.1) is 12.7 Å². The van der Waals surface area contributed by atoms with Crippen molar-refractivity contribution in [3.63, 3.8) is 0 Å². The molecule has 2 aromatic rings. The molecule has 20 heavy (non-hydrogen) atoms. The SMILES string of the molecule is Cc1c(C(=O)NC(C)(CO)CO)oc2ccc(F)cc12. The number of aryl methyl sites for hydroxylation is 1. The number of fused-ring (bicyclic) bond motifs is 1. The molecule has 6 heteroatoms. The highest BCUT2D eigenvalue weighted by Gasteiger charge is 2.28. The van der Waals surface area contributed by atoms with Gasteiger partial charge in [-0.25, -0.2) is 4.39 Å². The van der Waals surface area contributed by atoms with Crippen molar-refractivity contribution >= 4 is 16.9 Å². The minimum absolute atomic E-state index is 0.0405. The Labute approximate surface area is 115 Å². The number of furan rings is 1. The van der Waals surface area contributed by atoms with Gasteiger partial charge in [-0.1, -0.05) is 0 Å². The average molecular weight is 281 g/mol. The van der Waals surface area contributed by atoms with Gasteiger partial charge in [-0.15, -0.1) is 0 Å². The molecule has 2 rings (SSSR count). The lowest BCUT2D eigenvalue weighted by atomic mass is 10.0. The Hall–Kier alpha value is -1.92. The van der Waals surface area contributed by atoms with Crippen LogP contribution in [0.25, 0.3) is 11.0 Å². The van der Waals surface area contributed by atoms with Crippen LogP contribution < -0.4 is 5.32 Å². The van der Waals surface area contributed by atoms with Gasteiger partial charge in [-0.2, -0.15) is 0 Å². The van der Waals surface area contributed by atoms with Gasteiger partial charge >= 0.3 is 0 Å². The van der Waals surface area contributed by atoms with Crippen molar-refractivity contribution in [1.82, 2.24) is 5.32 Å². The second-order valence-corrected chi connectivity index (χ2v) is 5.03. The highest BCUT2D eigenvalue weighted by Crippen LogP contribution is 2.26. The van der Waals surface area contributed by atoms with Crippen LogP contribution in [0.15, 0.2) is 22.6 Å². The molecule has 0 unspecified atom stereocenters. The molecule has 5 nitrogen and oxygen atoms in total. The highest BCUT2D eigenvalue weighted by atomic mass is 19.1. The summed E-state index contributed by atoms with van der Waals surface area (Å²) in [5, 5.41) is 21.4. The Morgan fingerprint density at radius 3 is 2.65 bits per heavy atom. The van der Waals surface area contributed by atoms with Gasteiger partial charge in [0.25, 0.3) is 5.91 Å². The first-order valence-electron chi connectivity index (χ1n) is 6.13. The standard InChI is InChI=1S/C14H16FNO4/c1-8-10-5-9(15)3-4-11(10)20-12(8)13(19)16-14(2,6-17)7-18/h3-5,17-18H,6-7H2,1-2H3,(H,16,19). The molecule has 0 aliphatic heterocycles. The van der Waals surface area contributed by atoms with E-state index in [4.69, 9.17) is 4.42 Å². The van der Waals surface area contributed by atoms with E-state index >= 15 is 0 Å². The molecule has 0 spiro atoms. The predicted octanol–water partition coefficient (Wildman–Crippen LogP) is 1.35. The van der Waals surface area contributed by atoms with Gasteiger partial charge in [-0.05, 0) is 32.0 Å². The number of amides is 1. The normalized spacial score (nSPS) is 11.8. The summed E-state index contributed by atoms with van der Waals surface area (Å²) in [7, 11) is 0. The molecule has 1 aromatic carbocycles. The number of aliphatic hydroxyl groups excluding tert-OH is 2. The number of halogens is 1. The van der Waals surface area contributed by atoms with E-state index in [-0.39, 0.29) is 5.76 Å². The predicted molar refractivity (Wildman–Crippen MR) is 71.0 cm³/mol. The zero-order valence-corrected chi connectivity index (χ0v) is 11.2.